The highest BCUT2D eigenvalue weighted by atomic mass is 16.3. The van der Waals surface area contributed by atoms with Crippen LogP contribution in [0.15, 0.2) is 217 Å². The van der Waals surface area contributed by atoms with E-state index in [0.29, 0.717) is 0 Å². The molecular formula is C57H41NO. The molecule has 280 valence electrons. The maximum Gasteiger partial charge on any atom is 0.135 e. The van der Waals surface area contributed by atoms with Gasteiger partial charge in [-0.3, -0.25) is 0 Å². The van der Waals surface area contributed by atoms with E-state index in [1.54, 1.807) is 0 Å². The van der Waals surface area contributed by atoms with E-state index < -0.39 is 0 Å². The molecule has 1 aromatic heterocycles. The van der Waals surface area contributed by atoms with Gasteiger partial charge in [-0.2, -0.15) is 0 Å². The van der Waals surface area contributed by atoms with Crippen molar-refractivity contribution in [3.8, 4) is 55.6 Å². The smallest absolute Gasteiger partial charge is 0.135 e. The first kappa shape index (κ1) is 34.8. The van der Waals surface area contributed by atoms with Gasteiger partial charge in [0, 0.05) is 33.2 Å². The number of hydrogen-bond donors (Lipinski definition) is 0. The fourth-order valence-corrected chi connectivity index (χ4v) is 9.18. The molecule has 59 heavy (non-hydrogen) atoms. The third kappa shape index (κ3) is 6.04. The number of furan rings is 1. The Bertz CT molecular complexity index is 3170. The zero-order chi connectivity index (χ0) is 39.5. The predicted octanol–water partition coefficient (Wildman–Crippen LogP) is 16.0. The van der Waals surface area contributed by atoms with Crippen LogP contribution in [0.5, 0.6) is 0 Å². The molecule has 2 nitrogen and oxygen atoms in total. The van der Waals surface area contributed by atoms with Crippen molar-refractivity contribution in [3.63, 3.8) is 0 Å². The van der Waals surface area contributed by atoms with Crippen molar-refractivity contribution < 1.29 is 4.42 Å². The summed E-state index contributed by atoms with van der Waals surface area (Å²) in [7, 11) is 0. The number of nitrogens with zero attached hydrogens (tertiary/aromatic N) is 1. The van der Waals surface area contributed by atoms with Gasteiger partial charge in [0.1, 0.15) is 11.2 Å². The van der Waals surface area contributed by atoms with Crippen molar-refractivity contribution in [2.24, 2.45) is 0 Å². The Hall–Kier alpha value is -7.42. The molecule has 1 aliphatic rings. The molecule has 0 saturated heterocycles. The standard InChI is InChI=1S/C57H41NO/c1-57(2)53-31-26-44(35-51(53)49-30-25-45(37-54(49)57)39-15-7-4-8-16-39)42-18-12-20-48(34-42)58(47-19-11-17-41(33-47)38-13-5-3-6-14-38)46-28-23-40(24-29-46)43-27-32-56-52(36-43)50-21-9-10-22-55(50)59-56/h3-37H,1-2H3. The molecule has 10 aromatic rings. The van der Waals surface area contributed by atoms with Gasteiger partial charge >= 0.3 is 0 Å². The summed E-state index contributed by atoms with van der Waals surface area (Å²) in [5.74, 6) is 0. The van der Waals surface area contributed by atoms with Gasteiger partial charge in [-0.25, -0.2) is 0 Å². The summed E-state index contributed by atoms with van der Waals surface area (Å²) in [5, 5.41) is 2.27. The van der Waals surface area contributed by atoms with Crippen LogP contribution in [0, 0.1) is 0 Å². The monoisotopic (exact) mass is 755 g/mol. The lowest BCUT2D eigenvalue weighted by atomic mass is 9.81. The highest BCUT2D eigenvalue weighted by Crippen LogP contribution is 2.51. The summed E-state index contributed by atoms with van der Waals surface area (Å²) in [6.45, 7) is 4.72. The van der Waals surface area contributed by atoms with Gasteiger partial charge in [-0.15, -0.1) is 0 Å². The number of benzene rings is 9. The Morgan fingerprint density at radius 3 is 1.54 bits per heavy atom. The minimum Gasteiger partial charge on any atom is -0.456 e. The molecule has 1 heterocycles. The molecule has 0 atom stereocenters. The van der Waals surface area contributed by atoms with E-state index >= 15 is 0 Å². The van der Waals surface area contributed by atoms with Crippen molar-refractivity contribution in [1.82, 2.24) is 0 Å². The Kier molecular flexibility index (Phi) is 8.20. The number of para-hydroxylation sites is 1. The molecule has 0 radical (unpaired) electrons. The first-order chi connectivity index (χ1) is 29.0. The maximum absolute atomic E-state index is 6.13. The molecule has 0 saturated carbocycles. The van der Waals surface area contributed by atoms with Crippen LogP contribution in [0.25, 0.3) is 77.6 Å². The van der Waals surface area contributed by atoms with Gasteiger partial charge in [-0.05, 0) is 133 Å². The van der Waals surface area contributed by atoms with Crippen molar-refractivity contribution in [1.29, 1.82) is 0 Å². The predicted molar refractivity (Wildman–Crippen MR) is 248 cm³/mol. The minimum absolute atomic E-state index is 0.0966. The Morgan fingerprint density at radius 2 is 0.831 bits per heavy atom. The second kappa shape index (κ2) is 13.9. The molecule has 9 aromatic carbocycles. The lowest BCUT2D eigenvalue weighted by molar-refractivity contribution is 0.660. The summed E-state index contributed by atoms with van der Waals surface area (Å²) in [6, 6.07) is 76.9. The van der Waals surface area contributed by atoms with E-state index in [0.717, 1.165) is 50.1 Å². The molecule has 0 spiro atoms. The summed E-state index contributed by atoms with van der Waals surface area (Å²) in [6.07, 6.45) is 0. The van der Waals surface area contributed by atoms with E-state index in [1.165, 1.54) is 55.6 Å². The van der Waals surface area contributed by atoms with Gasteiger partial charge < -0.3 is 9.32 Å². The number of rotatable bonds is 7. The summed E-state index contributed by atoms with van der Waals surface area (Å²) in [4.78, 5) is 2.38. The van der Waals surface area contributed by atoms with E-state index in [1.807, 2.05) is 12.1 Å². The van der Waals surface area contributed by atoms with Gasteiger partial charge in [-0.1, -0.05) is 159 Å². The third-order valence-electron chi connectivity index (χ3n) is 12.3. The van der Waals surface area contributed by atoms with Crippen LogP contribution in [0.2, 0.25) is 0 Å². The average Bonchev–Trinajstić information content (AvgIpc) is 3.78. The fraction of sp³-hybridized carbons (Fsp3) is 0.0526. The van der Waals surface area contributed by atoms with E-state index in [-0.39, 0.29) is 5.41 Å². The normalized spacial score (nSPS) is 12.7. The van der Waals surface area contributed by atoms with E-state index in [9.17, 15) is 0 Å². The van der Waals surface area contributed by atoms with Crippen LogP contribution in [0.4, 0.5) is 17.1 Å². The molecule has 11 rings (SSSR count). The molecule has 0 N–H and O–H groups in total. The van der Waals surface area contributed by atoms with E-state index in [4.69, 9.17) is 4.42 Å². The first-order valence-corrected chi connectivity index (χ1v) is 20.4. The van der Waals surface area contributed by atoms with Crippen LogP contribution in [0.1, 0.15) is 25.0 Å². The van der Waals surface area contributed by atoms with Crippen LogP contribution in [-0.2, 0) is 5.41 Å². The molecule has 2 heteroatoms. The van der Waals surface area contributed by atoms with Crippen LogP contribution in [-0.4, -0.2) is 0 Å². The molecule has 0 amide bonds. The maximum atomic E-state index is 6.13. The average molecular weight is 756 g/mol. The minimum atomic E-state index is -0.0966. The summed E-state index contributed by atoms with van der Waals surface area (Å²) >= 11 is 0. The number of hydrogen-bond acceptors (Lipinski definition) is 2. The van der Waals surface area contributed by atoms with Crippen molar-refractivity contribution in [2.75, 3.05) is 4.90 Å². The van der Waals surface area contributed by atoms with Crippen LogP contribution in [0.3, 0.4) is 0 Å². The quantitative estimate of drug-likeness (QED) is 0.161. The highest BCUT2D eigenvalue weighted by molar-refractivity contribution is 6.06. The van der Waals surface area contributed by atoms with Gasteiger partial charge in [0.15, 0.2) is 0 Å². The zero-order valence-corrected chi connectivity index (χ0v) is 33.1. The van der Waals surface area contributed by atoms with Gasteiger partial charge in [0.05, 0.1) is 0 Å². The van der Waals surface area contributed by atoms with Crippen molar-refractivity contribution >= 4 is 39.0 Å². The fourth-order valence-electron chi connectivity index (χ4n) is 9.18. The lowest BCUT2D eigenvalue weighted by Gasteiger charge is -2.27. The van der Waals surface area contributed by atoms with E-state index in [2.05, 4.69) is 219 Å². The molecule has 0 aliphatic heterocycles. The van der Waals surface area contributed by atoms with Gasteiger partial charge in [0.25, 0.3) is 0 Å². The van der Waals surface area contributed by atoms with Crippen LogP contribution < -0.4 is 4.90 Å². The largest absolute Gasteiger partial charge is 0.456 e. The second-order valence-electron chi connectivity index (χ2n) is 16.2. The van der Waals surface area contributed by atoms with Crippen molar-refractivity contribution in [2.45, 2.75) is 19.3 Å². The second-order valence-corrected chi connectivity index (χ2v) is 16.2. The summed E-state index contributed by atoms with van der Waals surface area (Å²) in [5.41, 5.74) is 20.0. The Labute approximate surface area is 345 Å². The third-order valence-corrected chi connectivity index (χ3v) is 12.3. The van der Waals surface area contributed by atoms with Crippen molar-refractivity contribution in [3.05, 3.63) is 223 Å². The molecular weight excluding hydrogens is 715 g/mol. The Morgan fingerprint density at radius 1 is 0.322 bits per heavy atom. The first-order valence-electron chi connectivity index (χ1n) is 20.4. The molecule has 0 unspecified atom stereocenters. The van der Waals surface area contributed by atoms with Crippen LogP contribution >= 0.6 is 0 Å². The van der Waals surface area contributed by atoms with Gasteiger partial charge in [0.2, 0.25) is 0 Å². The highest BCUT2D eigenvalue weighted by Gasteiger charge is 2.35. The Balaban J connectivity index is 0.992. The lowest BCUT2D eigenvalue weighted by Crippen LogP contribution is -2.15. The number of anilines is 3. The topological polar surface area (TPSA) is 16.4 Å². The summed E-state index contributed by atoms with van der Waals surface area (Å²) < 4.78 is 6.13. The number of fused-ring (bicyclic) bond motifs is 6. The molecule has 0 fully saturated rings. The zero-order valence-electron chi connectivity index (χ0n) is 33.1. The molecule has 1 aliphatic carbocycles. The molecule has 0 bridgehead atoms. The SMILES string of the molecule is CC1(C)c2ccc(-c3cccc(N(c4ccc(-c5ccc6oc7ccccc7c6c5)cc4)c4cccc(-c5ccccc5)c4)c3)cc2-c2ccc(-c3ccccc3)cc21.